The second-order valence-electron chi connectivity index (χ2n) is 4.11. The normalized spacial score (nSPS) is 9.50. The quantitative estimate of drug-likeness (QED) is 0.900. The summed E-state index contributed by atoms with van der Waals surface area (Å²) < 4.78 is 0. The summed E-state index contributed by atoms with van der Waals surface area (Å²) in [5.74, 6) is -2.24. The van der Waals surface area contributed by atoms with E-state index in [4.69, 9.17) is 9.90 Å². The molecule has 0 saturated heterocycles. The van der Waals surface area contributed by atoms with Crippen LogP contribution in [0.5, 0.6) is 0 Å². The molecule has 104 valence electrons. The molecule has 2 aromatic carbocycles. The Morgan fingerprint density at radius 2 is 1.10 bits per heavy atom. The SMILES string of the molecule is CC(=O)O.O=C(O)C(c1ccccc1)c1ccccc1. The van der Waals surface area contributed by atoms with Gasteiger partial charge in [-0.2, -0.15) is 0 Å². The molecule has 0 aliphatic carbocycles. The lowest BCUT2D eigenvalue weighted by molar-refractivity contribution is -0.138. The first-order valence-electron chi connectivity index (χ1n) is 6.04. The van der Waals surface area contributed by atoms with E-state index in [1.54, 1.807) is 0 Å². The van der Waals surface area contributed by atoms with Crippen molar-refractivity contribution in [1.82, 2.24) is 0 Å². The van der Waals surface area contributed by atoms with Crippen LogP contribution in [0.1, 0.15) is 24.0 Å². The van der Waals surface area contributed by atoms with Crippen molar-refractivity contribution >= 4 is 11.9 Å². The van der Waals surface area contributed by atoms with Crippen molar-refractivity contribution in [2.45, 2.75) is 12.8 Å². The highest BCUT2D eigenvalue weighted by Crippen LogP contribution is 2.24. The molecule has 0 radical (unpaired) electrons. The summed E-state index contributed by atoms with van der Waals surface area (Å²) in [6.45, 7) is 1.08. The van der Waals surface area contributed by atoms with E-state index in [1.165, 1.54) is 0 Å². The highest BCUT2D eigenvalue weighted by molar-refractivity contribution is 5.80. The lowest BCUT2D eigenvalue weighted by atomic mass is 9.92. The number of benzene rings is 2. The second kappa shape index (κ2) is 7.74. The molecule has 0 unspecified atom stereocenters. The standard InChI is InChI=1S/C14H12O2.C2H4O2/c15-14(16)13(11-7-3-1-4-8-11)12-9-5-2-6-10-12;1-2(3)4/h1-10,13H,(H,15,16);1H3,(H,3,4). The van der Waals surface area contributed by atoms with Crippen molar-refractivity contribution < 1.29 is 19.8 Å². The maximum Gasteiger partial charge on any atom is 0.315 e. The summed E-state index contributed by atoms with van der Waals surface area (Å²) in [6, 6.07) is 18.5. The van der Waals surface area contributed by atoms with Gasteiger partial charge < -0.3 is 10.2 Å². The van der Waals surface area contributed by atoms with Crippen molar-refractivity contribution in [2.24, 2.45) is 0 Å². The predicted molar refractivity (Wildman–Crippen MR) is 75.7 cm³/mol. The van der Waals surface area contributed by atoms with Gasteiger partial charge in [0.25, 0.3) is 5.97 Å². The number of carbonyl (C=O) groups is 2. The average Bonchev–Trinajstić information content (AvgIpc) is 2.40. The number of hydrogen-bond donors (Lipinski definition) is 2. The van der Waals surface area contributed by atoms with Crippen LogP contribution in [0.15, 0.2) is 60.7 Å². The first-order valence-corrected chi connectivity index (χ1v) is 6.04. The molecule has 0 atom stereocenters. The van der Waals surface area contributed by atoms with E-state index in [-0.39, 0.29) is 0 Å². The van der Waals surface area contributed by atoms with Gasteiger partial charge >= 0.3 is 5.97 Å². The van der Waals surface area contributed by atoms with Crippen LogP contribution in [0.2, 0.25) is 0 Å². The molecule has 0 aliphatic heterocycles. The van der Waals surface area contributed by atoms with Crippen LogP contribution in [0, 0.1) is 0 Å². The monoisotopic (exact) mass is 272 g/mol. The van der Waals surface area contributed by atoms with Crippen molar-refractivity contribution in [3.8, 4) is 0 Å². The van der Waals surface area contributed by atoms with Crippen LogP contribution < -0.4 is 0 Å². The average molecular weight is 272 g/mol. The van der Waals surface area contributed by atoms with Gasteiger partial charge in [0.1, 0.15) is 5.92 Å². The summed E-state index contributed by atoms with van der Waals surface area (Å²) >= 11 is 0. The fraction of sp³-hybridized carbons (Fsp3) is 0.125. The zero-order chi connectivity index (χ0) is 15.0. The summed E-state index contributed by atoms with van der Waals surface area (Å²) in [5, 5.41) is 16.7. The second-order valence-corrected chi connectivity index (χ2v) is 4.11. The Labute approximate surface area is 117 Å². The molecule has 0 bridgehead atoms. The fourth-order valence-corrected chi connectivity index (χ4v) is 1.77. The van der Waals surface area contributed by atoms with Gasteiger partial charge in [-0.1, -0.05) is 60.7 Å². The molecule has 0 spiro atoms. The Morgan fingerprint density at radius 1 is 0.800 bits per heavy atom. The van der Waals surface area contributed by atoms with Crippen LogP contribution in [-0.4, -0.2) is 22.2 Å². The first kappa shape index (κ1) is 15.4. The van der Waals surface area contributed by atoms with Crippen molar-refractivity contribution in [3.63, 3.8) is 0 Å². The summed E-state index contributed by atoms with van der Waals surface area (Å²) in [4.78, 5) is 20.3. The number of carboxylic acid groups (broad SMARTS) is 2. The van der Waals surface area contributed by atoms with Gasteiger partial charge in [0.15, 0.2) is 0 Å². The van der Waals surface area contributed by atoms with Gasteiger partial charge in [-0.3, -0.25) is 9.59 Å². The highest BCUT2D eigenvalue weighted by Gasteiger charge is 2.20. The summed E-state index contributed by atoms with van der Waals surface area (Å²) in [6.07, 6.45) is 0. The Kier molecular flexibility index (Phi) is 5.97. The molecule has 2 aromatic rings. The molecule has 2 rings (SSSR count). The molecular weight excluding hydrogens is 256 g/mol. The molecule has 2 N–H and O–H groups in total. The van der Waals surface area contributed by atoms with Crippen molar-refractivity contribution in [2.75, 3.05) is 0 Å². The first-order chi connectivity index (χ1) is 9.52. The zero-order valence-electron chi connectivity index (χ0n) is 11.1. The van der Waals surface area contributed by atoms with Gasteiger partial charge in [0, 0.05) is 6.92 Å². The molecule has 20 heavy (non-hydrogen) atoms. The number of aliphatic carboxylic acids is 2. The van der Waals surface area contributed by atoms with E-state index in [2.05, 4.69) is 0 Å². The van der Waals surface area contributed by atoms with E-state index >= 15 is 0 Å². The Morgan fingerprint density at radius 3 is 1.35 bits per heavy atom. The Bertz CT molecular complexity index is 506. The van der Waals surface area contributed by atoms with Crippen molar-refractivity contribution in [1.29, 1.82) is 0 Å². The Hall–Kier alpha value is -2.62. The van der Waals surface area contributed by atoms with E-state index in [9.17, 15) is 9.90 Å². The summed E-state index contributed by atoms with van der Waals surface area (Å²) in [5.41, 5.74) is 1.61. The van der Waals surface area contributed by atoms with E-state index in [0.717, 1.165) is 18.1 Å². The van der Waals surface area contributed by atoms with E-state index in [0.29, 0.717) is 0 Å². The number of hydrogen-bond acceptors (Lipinski definition) is 2. The summed E-state index contributed by atoms with van der Waals surface area (Å²) in [7, 11) is 0. The van der Waals surface area contributed by atoms with Crippen LogP contribution in [0.3, 0.4) is 0 Å². The zero-order valence-corrected chi connectivity index (χ0v) is 11.1. The highest BCUT2D eigenvalue weighted by atomic mass is 16.4. The lowest BCUT2D eigenvalue weighted by Gasteiger charge is -2.12. The molecule has 4 heteroatoms. The third-order valence-electron chi connectivity index (χ3n) is 2.51. The number of rotatable bonds is 3. The van der Waals surface area contributed by atoms with Crippen LogP contribution in [0.4, 0.5) is 0 Å². The van der Waals surface area contributed by atoms with Crippen LogP contribution in [0.25, 0.3) is 0 Å². The van der Waals surface area contributed by atoms with Crippen LogP contribution in [-0.2, 0) is 9.59 Å². The third kappa shape index (κ3) is 4.94. The van der Waals surface area contributed by atoms with Gasteiger partial charge in [-0.05, 0) is 11.1 Å². The number of carboxylic acids is 2. The molecule has 0 amide bonds. The minimum Gasteiger partial charge on any atom is -0.481 e. The van der Waals surface area contributed by atoms with E-state index < -0.39 is 17.9 Å². The van der Waals surface area contributed by atoms with Crippen molar-refractivity contribution in [3.05, 3.63) is 71.8 Å². The Balaban J connectivity index is 0.000000444. The van der Waals surface area contributed by atoms with Gasteiger partial charge in [0.2, 0.25) is 0 Å². The molecular formula is C16H16O4. The van der Waals surface area contributed by atoms with Crippen LogP contribution >= 0.6 is 0 Å². The van der Waals surface area contributed by atoms with Gasteiger partial charge in [0.05, 0.1) is 0 Å². The molecule has 0 aromatic heterocycles. The largest absolute Gasteiger partial charge is 0.481 e. The topological polar surface area (TPSA) is 74.6 Å². The van der Waals surface area contributed by atoms with Gasteiger partial charge in [-0.25, -0.2) is 0 Å². The minimum atomic E-state index is -0.833. The molecule has 0 saturated carbocycles. The smallest absolute Gasteiger partial charge is 0.315 e. The lowest BCUT2D eigenvalue weighted by Crippen LogP contribution is -2.12. The third-order valence-corrected chi connectivity index (χ3v) is 2.51. The maximum atomic E-state index is 11.3. The molecule has 0 aliphatic rings. The maximum absolute atomic E-state index is 11.3. The fourth-order valence-electron chi connectivity index (χ4n) is 1.77. The van der Waals surface area contributed by atoms with E-state index in [1.807, 2.05) is 60.7 Å². The molecule has 4 nitrogen and oxygen atoms in total. The predicted octanol–water partition coefficient (Wildman–Crippen LogP) is 2.99. The molecule has 0 heterocycles. The minimum absolute atomic E-state index is 0.581. The molecule has 0 fully saturated rings. The van der Waals surface area contributed by atoms with Gasteiger partial charge in [-0.15, -0.1) is 0 Å².